The lowest BCUT2D eigenvalue weighted by molar-refractivity contribution is -0.169. The van der Waals surface area contributed by atoms with Crippen LogP contribution in [-0.4, -0.2) is 29.1 Å². The topological polar surface area (TPSA) is 87.7 Å². The van der Waals surface area contributed by atoms with Crippen molar-refractivity contribution in [3.8, 4) is 5.75 Å². The number of carbonyl (C=O) groups is 2. The van der Waals surface area contributed by atoms with Gasteiger partial charge in [-0.05, 0) is 67.9 Å². The van der Waals surface area contributed by atoms with Crippen LogP contribution >= 0.6 is 11.6 Å². The SMILES string of the molecule is O=C(COc1ccccc1Cl)NNC(=O)CC12C[C@@H]3C[C@@H](CC(O)(C3)C1)C2. The van der Waals surface area contributed by atoms with Crippen LogP contribution in [0.25, 0.3) is 0 Å². The van der Waals surface area contributed by atoms with Crippen LogP contribution in [0.15, 0.2) is 24.3 Å². The highest BCUT2D eigenvalue weighted by Crippen LogP contribution is 2.62. The van der Waals surface area contributed by atoms with Gasteiger partial charge in [0, 0.05) is 6.42 Å². The van der Waals surface area contributed by atoms with Crippen molar-refractivity contribution in [3.63, 3.8) is 0 Å². The molecule has 0 aliphatic heterocycles. The van der Waals surface area contributed by atoms with Crippen LogP contribution in [0.1, 0.15) is 44.9 Å². The molecule has 3 N–H and O–H groups in total. The van der Waals surface area contributed by atoms with Gasteiger partial charge in [0.05, 0.1) is 10.6 Å². The van der Waals surface area contributed by atoms with Crippen molar-refractivity contribution in [1.82, 2.24) is 10.9 Å². The molecule has 0 radical (unpaired) electrons. The Hall–Kier alpha value is -1.79. The summed E-state index contributed by atoms with van der Waals surface area (Å²) in [6.07, 6.45) is 5.98. The fourth-order valence-electron chi connectivity index (χ4n) is 5.87. The zero-order valence-electron chi connectivity index (χ0n) is 15.2. The lowest BCUT2D eigenvalue weighted by atomic mass is 9.47. The largest absolute Gasteiger partial charge is 0.482 e. The van der Waals surface area contributed by atoms with Gasteiger partial charge in [0.25, 0.3) is 5.91 Å². The molecule has 4 aliphatic carbocycles. The van der Waals surface area contributed by atoms with Gasteiger partial charge in [-0.2, -0.15) is 0 Å². The third-order valence-corrected chi connectivity index (χ3v) is 6.54. The van der Waals surface area contributed by atoms with E-state index in [0.717, 1.165) is 25.7 Å². The maximum Gasteiger partial charge on any atom is 0.276 e. The molecule has 5 rings (SSSR count). The van der Waals surface area contributed by atoms with E-state index in [2.05, 4.69) is 10.9 Å². The molecule has 2 amide bonds. The molecular weight excluding hydrogens is 368 g/mol. The summed E-state index contributed by atoms with van der Waals surface area (Å²) in [7, 11) is 0. The van der Waals surface area contributed by atoms with E-state index in [4.69, 9.17) is 16.3 Å². The lowest BCUT2D eigenvalue weighted by Gasteiger charge is -2.60. The summed E-state index contributed by atoms with van der Waals surface area (Å²) in [6, 6.07) is 6.89. The predicted octanol–water partition coefficient (Wildman–Crippen LogP) is 2.59. The van der Waals surface area contributed by atoms with E-state index in [1.54, 1.807) is 24.3 Å². The second-order valence-corrected chi connectivity index (χ2v) is 9.08. The van der Waals surface area contributed by atoms with Crippen LogP contribution in [0, 0.1) is 17.3 Å². The van der Waals surface area contributed by atoms with Crippen molar-refractivity contribution < 1.29 is 19.4 Å². The molecule has 4 bridgehead atoms. The molecule has 4 fully saturated rings. The average Bonchev–Trinajstić information content (AvgIpc) is 2.56. The van der Waals surface area contributed by atoms with E-state index >= 15 is 0 Å². The van der Waals surface area contributed by atoms with Gasteiger partial charge in [-0.25, -0.2) is 0 Å². The zero-order chi connectivity index (χ0) is 19.1. The van der Waals surface area contributed by atoms with Gasteiger partial charge >= 0.3 is 0 Å². The fraction of sp³-hybridized carbons (Fsp3) is 0.600. The molecule has 146 valence electrons. The molecule has 1 aromatic rings. The number of para-hydroxylation sites is 1. The molecule has 4 atom stereocenters. The Morgan fingerprint density at radius 1 is 1.11 bits per heavy atom. The monoisotopic (exact) mass is 392 g/mol. The normalized spacial score (nSPS) is 33.6. The summed E-state index contributed by atoms with van der Waals surface area (Å²) in [5, 5.41) is 11.2. The van der Waals surface area contributed by atoms with E-state index in [0.29, 0.717) is 35.4 Å². The number of hydrogen-bond donors (Lipinski definition) is 3. The summed E-state index contributed by atoms with van der Waals surface area (Å²) in [5.41, 5.74) is 4.17. The van der Waals surface area contributed by atoms with E-state index in [9.17, 15) is 14.7 Å². The standard InChI is InChI=1S/C20H25ClN2O4/c21-15-3-1-2-4-16(15)27-11-18(25)23-22-17(24)10-19-6-13-5-14(7-19)9-20(26,8-13)12-19/h1-4,13-14,26H,5-12H2,(H,22,24)(H,23,25)/t13-,14+,19?,20?. The minimum atomic E-state index is -0.587. The van der Waals surface area contributed by atoms with Crippen molar-refractivity contribution in [2.75, 3.05) is 6.61 Å². The Morgan fingerprint density at radius 3 is 2.44 bits per heavy atom. The maximum absolute atomic E-state index is 12.4. The molecule has 4 aliphatic rings. The second-order valence-electron chi connectivity index (χ2n) is 8.68. The van der Waals surface area contributed by atoms with Gasteiger partial charge in [0.1, 0.15) is 5.75 Å². The Kier molecular flexibility index (Phi) is 4.80. The van der Waals surface area contributed by atoms with Crippen molar-refractivity contribution in [2.45, 2.75) is 50.5 Å². The molecule has 0 aromatic heterocycles. The van der Waals surface area contributed by atoms with Gasteiger partial charge in [-0.1, -0.05) is 23.7 Å². The summed E-state index contributed by atoms with van der Waals surface area (Å²) in [6.45, 7) is -0.237. The first-order valence-corrected chi connectivity index (χ1v) is 9.90. The first-order chi connectivity index (χ1) is 12.8. The van der Waals surface area contributed by atoms with Crippen LogP contribution in [0.2, 0.25) is 5.02 Å². The molecule has 1 aromatic carbocycles. The van der Waals surface area contributed by atoms with Gasteiger partial charge in [-0.3, -0.25) is 20.4 Å². The van der Waals surface area contributed by atoms with Gasteiger partial charge < -0.3 is 9.84 Å². The summed E-state index contributed by atoms with van der Waals surface area (Å²) >= 11 is 5.97. The number of amides is 2. The number of aliphatic hydroxyl groups is 1. The molecule has 0 saturated heterocycles. The maximum atomic E-state index is 12.4. The summed E-state index contributed by atoms with van der Waals surface area (Å²) in [4.78, 5) is 24.3. The van der Waals surface area contributed by atoms with Crippen LogP contribution in [-0.2, 0) is 9.59 Å². The first kappa shape index (κ1) is 18.6. The van der Waals surface area contributed by atoms with Crippen LogP contribution in [0.4, 0.5) is 0 Å². The molecule has 2 unspecified atom stereocenters. The number of benzene rings is 1. The molecule has 27 heavy (non-hydrogen) atoms. The lowest BCUT2D eigenvalue weighted by Crippen LogP contribution is -2.57. The molecular formula is C20H25ClN2O4. The quantitative estimate of drug-likeness (QED) is 0.672. The predicted molar refractivity (Wildman–Crippen MR) is 99.9 cm³/mol. The highest BCUT2D eigenvalue weighted by Gasteiger charge is 2.57. The number of halogens is 1. The van der Waals surface area contributed by atoms with Crippen LogP contribution in [0.3, 0.4) is 0 Å². The summed E-state index contributed by atoms with van der Waals surface area (Å²) in [5.74, 6) is 0.812. The van der Waals surface area contributed by atoms with Gasteiger partial charge in [0.2, 0.25) is 5.91 Å². The minimum Gasteiger partial charge on any atom is -0.482 e. The van der Waals surface area contributed by atoms with E-state index in [1.807, 2.05) is 0 Å². The highest BCUT2D eigenvalue weighted by atomic mass is 35.5. The average molecular weight is 393 g/mol. The molecule has 7 heteroatoms. The number of hydrogen-bond acceptors (Lipinski definition) is 4. The number of hydrazine groups is 1. The number of rotatable bonds is 5. The van der Waals surface area contributed by atoms with Crippen molar-refractivity contribution >= 4 is 23.4 Å². The molecule has 4 saturated carbocycles. The first-order valence-electron chi connectivity index (χ1n) is 9.52. The van der Waals surface area contributed by atoms with E-state index < -0.39 is 11.5 Å². The number of nitrogens with one attached hydrogen (secondary N) is 2. The smallest absolute Gasteiger partial charge is 0.276 e. The Balaban J connectivity index is 1.25. The highest BCUT2D eigenvalue weighted by molar-refractivity contribution is 6.32. The van der Waals surface area contributed by atoms with Crippen LogP contribution < -0.4 is 15.6 Å². The molecule has 6 nitrogen and oxygen atoms in total. The summed E-state index contributed by atoms with van der Waals surface area (Å²) < 4.78 is 5.35. The fourth-order valence-corrected chi connectivity index (χ4v) is 6.06. The van der Waals surface area contributed by atoms with Crippen molar-refractivity contribution in [3.05, 3.63) is 29.3 Å². The number of ether oxygens (including phenoxy) is 1. The third kappa shape index (κ3) is 4.06. The number of carbonyl (C=O) groups excluding carboxylic acids is 2. The second kappa shape index (κ2) is 6.99. The Labute approximate surface area is 163 Å². The van der Waals surface area contributed by atoms with Gasteiger partial charge in [-0.15, -0.1) is 0 Å². The van der Waals surface area contributed by atoms with E-state index in [-0.39, 0.29) is 17.9 Å². The van der Waals surface area contributed by atoms with E-state index in [1.165, 1.54) is 6.42 Å². The Bertz CT molecular complexity index is 739. The molecule has 0 heterocycles. The van der Waals surface area contributed by atoms with Crippen molar-refractivity contribution in [2.24, 2.45) is 17.3 Å². The zero-order valence-corrected chi connectivity index (χ0v) is 15.9. The van der Waals surface area contributed by atoms with Crippen molar-refractivity contribution in [1.29, 1.82) is 0 Å². The van der Waals surface area contributed by atoms with Crippen LogP contribution in [0.5, 0.6) is 5.75 Å². The minimum absolute atomic E-state index is 0.123. The van der Waals surface area contributed by atoms with Gasteiger partial charge in [0.15, 0.2) is 6.61 Å². The molecule has 0 spiro atoms. The third-order valence-electron chi connectivity index (χ3n) is 6.22. The Morgan fingerprint density at radius 2 is 1.78 bits per heavy atom.